The van der Waals surface area contributed by atoms with Crippen LogP contribution in [0.3, 0.4) is 0 Å². The fourth-order valence-corrected chi connectivity index (χ4v) is 4.70. The molecule has 0 bridgehead atoms. The Balaban J connectivity index is 1.44. The van der Waals surface area contributed by atoms with Gasteiger partial charge in [-0.3, -0.25) is 9.48 Å². The van der Waals surface area contributed by atoms with E-state index in [1.165, 1.54) is 0 Å². The van der Waals surface area contributed by atoms with E-state index in [2.05, 4.69) is 20.0 Å². The minimum absolute atomic E-state index is 0.0668. The van der Waals surface area contributed by atoms with Crippen molar-refractivity contribution in [3.8, 4) is 17.1 Å². The Labute approximate surface area is 202 Å². The molecule has 0 radical (unpaired) electrons. The first-order valence-electron chi connectivity index (χ1n) is 12.0. The van der Waals surface area contributed by atoms with Crippen LogP contribution in [0.4, 0.5) is 10.2 Å². The Morgan fingerprint density at radius 2 is 1.97 bits per heavy atom. The molecule has 4 aromatic heterocycles. The second kappa shape index (κ2) is 9.48. The number of nitrogens with zero attached hydrogens (tertiary/aromatic N) is 5. The predicted octanol–water partition coefficient (Wildman–Crippen LogP) is 4.63. The topological polar surface area (TPSA) is 86.9 Å². The second-order valence-electron chi connectivity index (χ2n) is 9.07. The maximum atomic E-state index is 14.4. The average molecular weight is 477 g/mol. The summed E-state index contributed by atoms with van der Waals surface area (Å²) >= 11 is 0. The van der Waals surface area contributed by atoms with Crippen molar-refractivity contribution in [2.24, 2.45) is 7.05 Å². The van der Waals surface area contributed by atoms with Gasteiger partial charge >= 0.3 is 0 Å². The van der Waals surface area contributed by atoms with E-state index in [1.54, 1.807) is 49.1 Å². The molecule has 1 N–H and O–H groups in total. The summed E-state index contributed by atoms with van der Waals surface area (Å²) < 4.78 is 23.9. The standard InChI is InChI=1S/C26H29FN6O2/c1-4-28-22-13-21-20(14-30-22)25(17-5-10-23(34)32(3)15-17)31-33(21)18-6-8-19(9-7-18)35-26-24(27)16(2)11-12-29-26/h5,10-15,18-19H,4,6-9H2,1-3H3,(H,28,30). The Hall–Kier alpha value is -3.75. The first-order valence-corrected chi connectivity index (χ1v) is 12.0. The zero-order chi connectivity index (χ0) is 24.5. The average Bonchev–Trinajstić information content (AvgIpc) is 3.23. The van der Waals surface area contributed by atoms with Gasteiger partial charge in [0.1, 0.15) is 17.6 Å². The Morgan fingerprint density at radius 3 is 2.71 bits per heavy atom. The van der Waals surface area contributed by atoms with E-state index in [9.17, 15) is 9.18 Å². The molecule has 5 rings (SSSR count). The monoisotopic (exact) mass is 476 g/mol. The summed E-state index contributed by atoms with van der Waals surface area (Å²) in [5.74, 6) is 0.487. The van der Waals surface area contributed by atoms with Crippen molar-refractivity contribution in [1.82, 2.24) is 24.3 Å². The SMILES string of the molecule is CCNc1cc2c(cn1)c(-c1ccc(=O)n(C)c1)nn2C1CCC(Oc2nccc(C)c2F)CC1. The third-order valence-corrected chi connectivity index (χ3v) is 6.63. The third kappa shape index (κ3) is 4.50. The fraction of sp³-hybridized carbons (Fsp3) is 0.385. The van der Waals surface area contributed by atoms with Crippen molar-refractivity contribution in [2.75, 3.05) is 11.9 Å². The van der Waals surface area contributed by atoms with Gasteiger partial charge in [0.05, 0.1) is 11.6 Å². The van der Waals surface area contributed by atoms with E-state index < -0.39 is 5.82 Å². The highest BCUT2D eigenvalue weighted by atomic mass is 19.1. The van der Waals surface area contributed by atoms with Gasteiger partial charge in [0.2, 0.25) is 5.56 Å². The number of aryl methyl sites for hydroxylation is 2. The smallest absolute Gasteiger partial charge is 0.250 e. The van der Waals surface area contributed by atoms with E-state index in [-0.39, 0.29) is 23.6 Å². The quantitative estimate of drug-likeness (QED) is 0.437. The molecule has 0 amide bonds. The fourth-order valence-electron chi connectivity index (χ4n) is 4.70. The Kier molecular flexibility index (Phi) is 6.23. The van der Waals surface area contributed by atoms with Crippen LogP contribution in [-0.2, 0) is 7.05 Å². The lowest BCUT2D eigenvalue weighted by molar-refractivity contribution is 0.120. The van der Waals surface area contributed by atoms with Gasteiger partial charge in [-0.2, -0.15) is 5.10 Å². The van der Waals surface area contributed by atoms with Crippen molar-refractivity contribution in [2.45, 2.75) is 51.7 Å². The van der Waals surface area contributed by atoms with Crippen molar-refractivity contribution in [3.05, 3.63) is 64.6 Å². The first kappa shape index (κ1) is 23.0. The number of hydrogen-bond donors (Lipinski definition) is 1. The number of aromatic nitrogens is 5. The molecule has 4 aromatic rings. The lowest BCUT2D eigenvalue weighted by atomic mass is 9.93. The van der Waals surface area contributed by atoms with E-state index >= 15 is 0 Å². The molecule has 35 heavy (non-hydrogen) atoms. The van der Waals surface area contributed by atoms with E-state index in [1.807, 2.05) is 19.2 Å². The minimum atomic E-state index is -0.391. The lowest BCUT2D eigenvalue weighted by Gasteiger charge is -2.29. The molecule has 0 unspecified atom stereocenters. The summed E-state index contributed by atoms with van der Waals surface area (Å²) in [4.78, 5) is 20.5. The van der Waals surface area contributed by atoms with Crippen LogP contribution < -0.4 is 15.6 Å². The Bertz CT molecular complexity index is 1420. The Morgan fingerprint density at radius 1 is 1.17 bits per heavy atom. The molecule has 0 aliphatic heterocycles. The first-order chi connectivity index (χ1) is 16.9. The summed E-state index contributed by atoms with van der Waals surface area (Å²) in [6.45, 7) is 4.51. The van der Waals surface area contributed by atoms with Crippen LogP contribution in [0.25, 0.3) is 22.2 Å². The van der Waals surface area contributed by atoms with Crippen molar-refractivity contribution >= 4 is 16.7 Å². The maximum Gasteiger partial charge on any atom is 0.250 e. The van der Waals surface area contributed by atoms with Crippen LogP contribution in [0.1, 0.15) is 44.2 Å². The van der Waals surface area contributed by atoms with Crippen molar-refractivity contribution in [1.29, 1.82) is 0 Å². The molecule has 182 valence electrons. The summed E-state index contributed by atoms with van der Waals surface area (Å²) in [5.41, 5.74) is 3.13. The molecule has 4 heterocycles. The van der Waals surface area contributed by atoms with Gasteiger partial charge in [0.25, 0.3) is 5.88 Å². The molecule has 8 nitrogen and oxygen atoms in total. The number of nitrogens with one attached hydrogen (secondary N) is 1. The number of anilines is 1. The highest BCUT2D eigenvalue weighted by Gasteiger charge is 2.28. The van der Waals surface area contributed by atoms with Crippen LogP contribution in [0.2, 0.25) is 0 Å². The summed E-state index contributed by atoms with van der Waals surface area (Å²) in [7, 11) is 1.74. The van der Waals surface area contributed by atoms with E-state index in [0.29, 0.717) is 5.56 Å². The number of fused-ring (bicyclic) bond motifs is 1. The molecular weight excluding hydrogens is 447 g/mol. The normalized spacial score (nSPS) is 18.1. The molecule has 0 atom stereocenters. The zero-order valence-electron chi connectivity index (χ0n) is 20.2. The number of ether oxygens (including phenoxy) is 1. The molecule has 1 saturated carbocycles. The van der Waals surface area contributed by atoms with Gasteiger partial charge in [-0.1, -0.05) is 0 Å². The van der Waals surface area contributed by atoms with E-state index in [4.69, 9.17) is 9.84 Å². The van der Waals surface area contributed by atoms with Crippen molar-refractivity contribution in [3.63, 3.8) is 0 Å². The van der Waals surface area contributed by atoms with Crippen LogP contribution in [0.5, 0.6) is 5.88 Å². The molecule has 1 fully saturated rings. The lowest BCUT2D eigenvalue weighted by Crippen LogP contribution is -2.27. The van der Waals surface area contributed by atoms with Crippen LogP contribution >= 0.6 is 0 Å². The predicted molar refractivity (Wildman–Crippen MR) is 133 cm³/mol. The summed E-state index contributed by atoms with van der Waals surface area (Å²) in [6, 6.07) is 7.21. The van der Waals surface area contributed by atoms with E-state index in [0.717, 1.165) is 60.2 Å². The molecule has 9 heteroatoms. The van der Waals surface area contributed by atoms with Gasteiger partial charge in [0, 0.05) is 55.3 Å². The summed E-state index contributed by atoms with van der Waals surface area (Å²) in [5, 5.41) is 9.23. The largest absolute Gasteiger partial charge is 0.472 e. The molecule has 0 saturated heterocycles. The second-order valence-corrected chi connectivity index (χ2v) is 9.07. The van der Waals surface area contributed by atoms with Crippen LogP contribution in [0, 0.1) is 12.7 Å². The molecule has 0 aromatic carbocycles. The highest BCUT2D eigenvalue weighted by molar-refractivity contribution is 5.93. The van der Waals surface area contributed by atoms with Gasteiger partial charge in [-0.05, 0) is 57.2 Å². The molecule has 1 aliphatic rings. The number of hydrogen-bond acceptors (Lipinski definition) is 6. The van der Waals surface area contributed by atoms with Crippen LogP contribution in [0.15, 0.2) is 47.7 Å². The molecule has 0 spiro atoms. The van der Waals surface area contributed by atoms with Gasteiger partial charge in [-0.25, -0.2) is 14.4 Å². The number of pyridine rings is 3. The molecular formula is C26H29FN6O2. The number of rotatable bonds is 6. The minimum Gasteiger partial charge on any atom is -0.472 e. The number of halogens is 1. The van der Waals surface area contributed by atoms with Crippen LogP contribution in [-0.4, -0.2) is 37.0 Å². The zero-order valence-corrected chi connectivity index (χ0v) is 20.2. The highest BCUT2D eigenvalue weighted by Crippen LogP contribution is 2.36. The van der Waals surface area contributed by atoms with Crippen molar-refractivity contribution < 1.29 is 9.13 Å². The van der Waals surface area contributed by atoms with Gasteiger partial charge in [0.15, 0.2) is 5.82 Å². The molecule has 1 aliphatic carbocycles. The maximum absolute atomic E-state index is 14.4. The van der Waals surface area contributed by atoms with Gasteiger partial charge in [-0.15, -0.1) is 0 Å². The van der Waals surface area contributed by atoms with Gasteiger partial charge < -0.3 is 14.6 Å². The third-order valence-electron chi connectivity index (χ3n) is 6.63. The summed E-state index contributed by atoms with van der Waals surface area (Å²) in [6.07, 6.45) is 8.40.